The van der Waals surface area contributed by atoms with Crippen LogP contribution in [0.15, 0.2) is 76.2 Å². The highest BCUT2D eigenvalue weighted by Gasteiger charge is 2.27. The number of hydrogen-bond donors (Lipinski definition) is 2. The average Bonchev–Trinajstić information content (AvgIpc) is 3.60. The molecule has 10 nitrogen and oxygen atoms in total. The quantitative estimate of drug-likeness (QED) is 0.212. The summed E-state index contributed by atoms with van der Waals surface area (Å²) in [5.41, 5.74) is 7.44. The fourth-order valence-electron chi connectivity index (χ4n) is 4.99. The summed E-state index contributed by atoms with van der Waals surface area (Å²) in [7, 11) is 0. The van der Waals surface area contributed by atoms with Gasteiger partial charge in [0, 0.05) is 4.88 Å². The van der Waals surface area contributed by atoms with E-state index < -0.39 is 23.6 Å². The molecule has 1 unspecified atom stereocenters. The van der Waals surface area contributed by atoms with Crippen molar-refractivity contribution in [1.82, 2.24) is 25.1 Å². The lowest BCUT2D eigenvalue weighted by Crippen LogP contribution is -2.31. The van der Waals surface area contributed by atoms with Crippen LogP contribution in [0.3, 0.4) is 0 Å². The minimum Gasteiger partial charge on any atom is -0.458 e. The van der Waals surface area contributed by atoms with Crippen LogP contribution in [0.2, 0.25) is 0 Å². The number of alkyl carbamates (subject to hydrolysis) is 1. The van der Waals surface area contributed by atoms with Gasteiger partial charge in [-0.3, -0.25) is 4.79 Å². The second-order valence-electron chi connectivity index (χ2n) is 11.2. The Labute approximate surface area is 255 Å². The molecule has 0 saturated carbocycles. The zero-order valence-corrected chi connectivity index (χ0v) is 25.2. The van der Waals surface area contributed by atoms with Crippen molar-refractivity contribution in [2.75, 3.05) is 5.73 Å². The maximum atomic E-state index is 14.4. The molecule has 12 heteroatoms. The monoisotopic (exact) mass is 612 g/mol. The Kier molecular flexibility index (Phi) is 7.38. The van der Waals surface area contributed by atoms with E-state index in [1.165, 1.54) is 29.8 Å². The highest BCUT2D eigenvalue weighted by molar-refractivity contribution is 7.15. The number of halogens is 1. The van der Waals surface area contributed by atoms with Crippen molar-refractivity contribution in [3.8, 4) is 21.7 Å². The number of nitrogens with one attached hydrogen (secondary N) is 1. The predicted octanol–water partition coefficient (Wildman–Crippen LogP) is 6.68. The van der Waals surface area contributed by atoms with Gasteiger partial charge in [0.25, 0.3) is 0 Å². The molecule has 0 aliphatic rings. The third-order valence-electron chi connectivity index (χ3n) is 6.90. The lowest BCUT2D eigenvalue weighted by Gasteiger charge is -2.19. The Morgan fingerprint density at radius 2 is 1.93 bits per heavy atom. The zero-order chi connectivity index (χ0) is 31.2. The van der Waals surface area contributed by atoms with Crippen LogP contribution >= 0.6 is 11.3 Å². The molecule has 0 fully saturated rings. The van der Waals surface area contributed by atoms with Gasteiger partial charge in [0.2, 0.25) is 5.43 Å². The number of thiophene rings is 1. The van der Waals surface area contributed by atoms with Crippen molar-refractivity contribution in [3.05, 3.63) is 93.7 Å². The Bertz CT molecular complexity index is 2090. The summed E-state index contributed by atoms with van der Waals surface area (Å²) in [6.07, 6.45) is 0.834. The number of hydrogen-bond acceptors (Lipinski definition) is 9. The summed E-state index contributed by atoms with van der Waals surface area (Å²) in [5, 5.41) is 8.59. The molecule has 0 aliphatic heterocycles. The molecule has 0 bridgehead atoms. The van der Waals surface area contributed by atoms with E-state index in [9.17, 15) is 14.0 Å². The molecular formula is C32H29FN6O4S. The molecule has 3 N–H and O–H groups in total. The Balaban J connectivity index is 1.45. The number of nitrogens with two attached hydrogens (primary N) is 1. The van der Waals surface area contributed by atoms with Crippen LogP contribution in [0, 0.1) is 5.82 Å². The van der Waals surface area contributed by atoms with Crippen molar-refractivity contribution in [2.24, 2.45) is 0 Å². The molecule has 44 heavy (non-hydrogen) atoms. The minimum absolute atomic E-state index is 0.231. The largest absolute Gasteiger partial charge is 0.458 e. The molecule has 6 aromatic rings. The van der Waals surface area contributed by atoms with Crippen LogP contribution < -0.4 is 16.5 Å². The van der Waals surface area contributed by atoms with E-state index in [4.69, 9.17) is 20.0 Å². The number of aromatic nitrogens is 4. The maximum Gasteiger partial charge on any atom is 0.407 e. The Hall–Kier alpha value is -5.10. The van der Waals surface area contributed by atoms with E-state index in [0.29, 0.717) is 39.0 Å². The lowest BCUT2D eigenvalue weighted by molar-refractivity contribution is 0.0524. The summed E-state index contributed by atoms with van der Waals surface area (Å²) in [6.45, 7) is 7.49. The van der Waals surface area contributed by atoms with Gasteiger partial charge in [0.1, 0.15) is 46.6 Å². The van der Waals surface area contributed by atoms with Crippen LogP contribution in [0.5, 0.6) is 0 Å². The molecular weight excluding hydrogens is 583 g/mol. The molecule has 0 radical (unpaired) electrons. The molecule has 0 saturated heterocycles. The first kappa shape index (κ1) is 29.0. The number of carbonyl (C=O) groups is 1. The van der Waals surface area contributed by atoms with Crippen LogP contribution in [-0.4, -0.2) is 31.4 Å². The minimum atomic E-state index is -0.663. The maximum absolute atomic E-state index is 14.4. The van der Waals surface area contributed by atoms with Gasteiger partial charge in [0.15, 0.2) is 5.65 Å². The molecule has 0 spiro atoms. The molecule has 2 aromatic carbocycles. The highest BCUT2D eigenvalue weighted by atomic mass is 32.1. The van der Waals surface area contributed by atoms with Crippen molar-refractivity contribution in [1.29, 1.82) is 0 Å². The number of ether oxygens (including phenoxy) is 1. The Morgan fingerprint density at radius 3 is 2.70 bits per heavy atom. The fourth-order valence-corrected chi connectivity index (χ4v) is 5.93. The molecule has 4 aromatic heterocycles. The van der Waals surface area contributed by atoms with Crippen LogP contribution in [0.4, 0.5) is 15.0 Å². The van der Waals surface area contributed by atoms with E-state index in [-0.39, 0.29) is 23.4 Å². The smallest absolute Gasteiger partial charge is 0.407 e. The van der Waals surface area contributed by atoms with E-state index in [1.807, 2.05) is 19.1 Å². The molecule has 0 aliphatic carbocycles. The number of nitrogens with zero attached hydrogens (tertiary/aromatic N) is 4. The molecule has 4 heterocycles. The first-order valence-electron chi connectivity index (χ1n) is 13.9. The highest BCUT2D eigenvalue weighted by Crippen LogP contribution is 2.38. The summed E-state index contributed by atoms with van der Waals surface area (Å²) in [4.78, 5) is 36.3. The molecule has 1 amide bonds. The summed E-state index contributed by atoms with van der Waals surface area (Å²) >= 11 is 1.42. The number of nitrogen functional groups attached to an aromatic ring is 1. The number of carbonyl (C=O) groups excluding carboxylic acids is 1. The fraction of sp³-hybridized carbons (Fsp3) is 0.219. The van der Waals surface area contributed by atoms with Crippen LogP contribution in [0.25, 0.3) is 43.7 Å². The van der Waals surface area contributed by atoms with Gasteiger partial charge in [0.05, 0.1) is 27.8 Å². The van der Waals surface area contributed by atoms with Crippen molar-refractivity contribution in [2.45, 2.75) is 45.9 Å². The van der Waals surface area contributed by atoms with Gasteiger partial charge in [-0.1, -0.05) is 24.3 Å². The van der Waals surface area contributed by atoms with Gasteiger partial charge in [-0.15, -0.1) is 11.3 Å². The van der Waals surface area contributed by atoms with Crippen molar-refractivity contribution < 1.29 is 18.3 Å². The number of amides is 1. The summed E-state index contributed by atoms with van der Waals surface area (Å²) in [6, 6.07) is 15.9. The van der Waals surface area contributed by atoms with Crippen molar-refractivity contribution >= 4 is 45.3 Å². The first-order chi connectivity index (χ1) is 21.0. The van der Waals surface area contributed by atoms with E-state index >= 15 is 0 Å². The van der Waals surface area contributed by atoms with Gasteiger partial charge in [-0.2, -0.15) is 5.10 Å². The number of rotatable bonds is 6. The third kappa shape index (κ3) is 5.51. The van der Waals surface area contributed by atoms with E-state index in [0.717, 1.165) is 9.75 Å². The lowest BCUT2D eigenvalue weighted by atomic mass is 9.99. The summed E-state index contributed by atoms with van der Waals surface area (Å²) in [5.74, 6) is 0.0483. The Morgan fingerprint density at radius 1 is 1.14 bits per heavy atom. The van der Waals surface area contributed by atoms with E-state index in [2.05, 4.69) is 15.3 Å². The van der Waals surface area contributed by atoms with Crippen LogP contribution in [0.1, 0.15) is 44.4 Å². The predicted molar refractivity (Wildman–Crippen MR) is 168 cm³/mol. The van der Waals surface area contributed by atoms with Crippen molar-refractivity contribution in [3.63, 3.8) is 0 Å². The first-order valence-corrected chi connectivity index (χ1v) is 14.7. The van der Waals surface area contributed by atoms with Gasteiger partial charge >= 0.3 is 6.09 Å². The van der Waals surface area contributed by atoms with Gasteiger partial charge in [-0.25, -0.2) is 23.8 Å². The molecule has 1 atom stereocenters. The van der Waals surface area contributed by atoms with Gasteiger partial charge in [-0.05, 0) is 69.7 Å². The van der Waals surface area contributed by atoms with Gasteiger partial charge < -0.3 is 20.2 Å². The normalized spacial score (nSPS) is 12.5. The standard InChI is InChI=1S/C32H29FN6O4S/c1-17(28-24(18-8-7-9-19(33)14-18)27(40)21-10-5-6-11-22(21)42-28)39-30-25(29(34)36-16-37-30)26(38-39)23-13-12-20(44-23)15-35-31(41)43-32(2,3)4/h5-14,16-17H,15H2,1-4H3,(H,35,41)(H2,34,36,37). The topological polar surface area (TPSA) is 138 Å². The molecule has 224 valence electrons. The van der Waals surface area contributed by atoms with E-state index in [1.54, 1.807) is 61.9 Å². The summed E-state index contributed by atoms with van der Waals surface area (Å²) < 4.78 is 27.7. The number of para-hydroxylation sites is 1. The SMILES string of the molecule is CC(c1oc2ccccc2c(=O)c1-c1cccc(F)c1)n1nc(-c2ccc(CNC(=O)OC(C)(C)C)s2)c2c(N)ncnc21. The second-order valence-corrected chi connectivity index (χ2v) is 12.4. The zero-order valence-electron chi connectivity index (χ0n) is 24.4. The number of benzene rings is 2. The number of anilines is 1. The van der Waals surface area contributed by atoms with Crippen LogP contribution in [-0.2, 0) is 11.3 Å². The second kappa shape index (κ2) is 11.2. The number of fused-ring (bicyclic) bond motifs is 2. The molecule has 6 rings (SSSR count). The third-order valence-corrected chi connectivity index (χ3v) is 8.00. The average molecular weight is 613 g/mol.